The van der Waals surface area contributed by atoms with Gasteiger partial charge in [-0.3, -0.25) is 9.58 Å². The Morgan fingerprint density at radius 3 is 2.61 bits per heavy atom. The maximum Gasteiger partial charge on any atom is 0.0951 e. The summed E-state index contributed by atoms with van der Waals surface area (Å²) in [7, 11) is 0. The van der Waals surface area contributed by atoms with Crippen molar-refractivity contribution in [1.82, 2.24) is 24.2 Å². The predicted molar refractivity (Wildman–Crippen MR) is 113 cm³/mol. The molecule has 4 rings (SSSR count). The largest absolute Gasteiger partial charge is 0.329 e. The number of hydrogen-bond donors (Lipinski definition) is 0. The first-order valence-corrected chi connectivity index (χ1v) is 10.4. The third-order valence-electron chi connectivity index (χ3n) is 6.17. The Morgan fingerprint density at radius 1 is 1.11 bits per heavy atom. The number of aromatic nitrogens is 4. The quantitative estimate of drug-likeness (QED) is 0.645. The van der Waals surface area contributed by atoms with E-state index in [1.54, 1.807) is 0 Å². The van der Waals surface area contributed by atoms with E-state index in [2.05, 4.69) is 69.3 Å². The third-order valence-corrected chi connectivity index (χ3v) is 6.17. The minimum Gasteiger partial charge on any atom is -0.329 e. The fourth-order valence-electron chi connectivity index (χ4n) is 4.17. The summed E-state index contributed by atoms with van der Waals surface area (Å²) in [6.45, 7) is 11.0. The minimum absolute atomic E-state index is 0.514. The molecule has 5 nitrogen and oxygen atoms in total. The third kappa shape index (κ3) is 4.04. The van der Waals surface area contributed by atoms with Crippen LogP contribution in [0.1, 0.15) is 37.9 Å². The molecule has 1 aromatic carbocycles. The van der Waals surface area contributed by atoms with E-state index in [4.69, 9.17) is 0 Å². The molecule has 0 saturated carbocycles. The number of likely N-dealkylation sites (tertiary alicyclic amines) is 1. The zero-order chi connectivity index (χ0) is 19.5. The van der Waals surface area contributed by atoms with Gasteiger partial charge in [0.05, 0.1) is 31.0 Å². The van der Waals surface area contributed by atoms with E-state index in [9.17, 15) is 0 Å². The molecule has 28 heavy (non-hydrogen) atoms. The highest BCUT2D eigenvalue weighted by atomic mass is 15.3. The van der Waals surface area contributed by atoms with Crippen molar-refractivity contribution in [3.8, 4) is 11.3 Å². The van der Waals surface area contributed by atoms with Gasteiger partial charge >= 0.3 is 0 Å². The molecule has 1 saturated heterocycles. The van der Waals surface area contributed by atoms with E-state index >= 15 is 0 Å². The van der Waals surface area contributed by atoms with E-state index < -0.39 is 0 Å². The van der Waals surface area contributed by atoms with Crippen molar-refractivity contribution in [1.29, 1.82) is 0 Å². The second-order valence-electron chi connectivity index (χ2n) is 8.29. The van der Waals surface area contributed by atoms with E-state index in [1.807, 2.05) is 24.8 Å². The van der Waals surface area contributed by atoms with E-state index in [1.165, 1.54) is 42.8 Å². The van der Waals surface area contributed by atoms with Gasteiger partial charge in [-0.25, -0.2) is 4.98 Å². The summed E-state index contributed by atoms with van der Waals surface area (Å²) in [5, 5.41) is 4.65. The van der Waals surface area contributed by atoms with Gasteiger partial charge < -0.3 is 4.57 Å². The summed E-state index contributed by atoms with van der Waals surface area (Å²) >= 11 is 0. The predicted octanol–water partition coefficient (Wildman–Crippen LogP) is 4.22. The molecule has 0 spiro atoms. The minimum atomic E-state index is 0.514. The van der Waals surface area contributed by atoms with Crippen molar-refractivity contribution in [2.75, 3.05) is 13.1 Å². The van der Waals surface area contributed by atoms with Gasteiger partial charge in [-0.15, -0.1) is 0 Å². The first-order valence-electron chi connectivity index (χ1n) is 10.4. The van der Waals surface area contributed by atoms with Crippen molar-refractivity contribution >= 4 is 0 Å². The van der Waals surface area contributed by atoms with Crippen molar-refractivity contribution in [3.05, 3.63) is 60.3 Å². The number of hydrogen-bond acceptors (Lipinski definition) is 3. The molecule has 1 aliphatic rings. The molecule has 3 aromatic rings. The van der Waals surface area contributed by atoms with Crippen molar-refractivity contribution in [2.24, 2.45) is 5.92 Å². The fourth-order valence-corrected chi connectivity index (χ4v) is 4.17. The Bertz CT molecular complexity index is 887. The van der Waals surface area contributed by atoms with Crippen LogP contribution in [0.25, 0.3) is 11.3 Å². The summed E-state index contributed by atoms with van der Waals surface area (Å²) in [6, 6.07) is 11.0. The van der Waals surface area contributed by atoms with Gasteiger partial charge in [-0.05, 0) is 51.3 Å². The maximum absolute atomic E-state index is 4.65. The molecule has 0 N–H and O–H groups in total. The average Bonchev–Trinajstić information content (AvgIpc) is 3.30. The van der Waals surface area contributed by atoms with Gasteiger partial charge in [0.1, 0.15) is 0 Å². The number of piperidine rings is 1. The number of benzene rings is 1. The SMILES string of the molecule is Cc1c(-c2cncn2CC(C)N2CCC(C)CC2)cnn1Cc1ccccc1. The summed E-state index contributed by atoms with van der Waals surface area (Å²) in [5.74, 6) is 0.866. The summed E-state index contributed by atoms with van der Waals surface area (Å²) < 4.78 is 4.37. The standard InChI is InChI=1S/C23H31N5/c1-18-9-11-26(12-10-18)19(2)15-27-17-24-14-23(27)22-13-25-28(20(22)3)16-21-7-5-4-6-8-21/h4-8,13-14,17-19H,9-12,15-16H2,1-3H3. The highest BCUT2D eigenvalue weighted by Crippen LogP contribution is 2.25. The van der Waals surface area contributed by atoms with Gasteiger partial charge in [0, 0.05) is 23.8 Å². The molecule has 0 radical (unpaired) electrons. The topological polar surface area (TPSA) is 38.9 Å². The summed E-state index contributed by atoms with van der Waals surface area (Å²) in [6.07, 6.45) is 8.55. The molecule has 1 atom stereocenters. The maximum atomic E-state index is 4.65. The van der Waals surface area contributed by atoms with Crippen LogP contribution < -0.4 is 0 Å². The van der Waals surface area contributed by atoms with E-state index in [0.29, 0.717) is 6.04 Å². The Hall–Kier alpha value is -2.40. The molecule has 1 fully saturated rings. The molecule has 1 unspecified atom stereocenters. The number of rotatable bonds is 6. The smallest absolute Gasteiger partial charge is 0.0951 e. The highest BCUT2D eigenvalue weighted by Gasteiger charge is 2.22. The van der Waals surface area contributed by atoms with Crippen LogP contribution in [-0.2, 0) is 13.1 Å². The zero-order valence-electron chi connectivity index (χ0n) is 17.3. The Balaban J connectivity index is 1.49. The molecular formula is C23H31N5. The Morgan fingerprint density at radius 2 is 1.86 bits per heavy atom. The lowest BCUT2D eigenvalue weighted by Crippen LogP contribution is -2.41. The second-order valence-corrected chi connectivity index (χ2v) is 8.29. The van der Waals surface area contributed by atoms with Gasteiger partial charge in [0.2, 0.25) is 0 Å². The molecule has 0 bridgehead atoms. The molecule has 0 amide bonds. The molecular weight excluding hydrogens is 346 g/mol. The van der Waals surface area contributed by atoms with Crippen LogP contribution in [0.3, 0.4) is 0 Å². The number of imidazole rings is 1. The normalized spacial score (nSPS) is 17.1. The Kier molecular flexibility index (Phi) is 5.62. The average molecular weight is 378 g/mol. The van der Waals surface area contributed by atoms with Crippen molar-refractivity contribution < 1.29 is 0 Å². The van der Waals surface area contributed by atoms with Crippen LogP contribution in [0.2, 0.25) is 0 Å². The summed E-state index contributed by atoms with van der Waals surface area (Å²) in [4.78, 5) is 7.07. The van der Waals surface area contributed by atoms with Gasteiger partial charge in [-0.1, -0.05) is 37.3 Å². The van der Waals surface area contributed by atoms with Gasteiger partial charge in [0.15, 0.2) is 0 Å². The van der Waals surface area contributed by atoms with Crippen LogP contribution in [0.4, 0.5) is 0 Å². The van der Waals surface area contributed by atoms with Crippen molar-refractivity contribution in [2.45, 2.75) is 52.7 Å². The molecule has 0 aliphatic carbocycles. The van der Waals surface area contributed by atoms with Crippen molar-refractivity contribution in [3.63, 3.8) is 0 Å². The molecule has 148 valence electrons. The first-order chi connectivity index (χ1) is 13.6. The van der Waals surface area contributed by atoms with Gasteiger partial charge in [-0.2, -0.15) is 5.10 Å². The molecule has 5 heteroatoms. The van der Waals surface area contributed by atoms with Crippen LogP contribution in [0.5, 0.6) is 0 Å². The van der Waals surface area contributed by atoms with E-state index in [0.717, 1.165) is 24.7 Å². The molecule has 3 heterocycles. The highest BCUT2D eigenvalue weighted by molar-refractivity contribution is 5.61. The summed E-state index contributed by atoms with van der Waals surface area (Å²) in [5.41, 5.74) is 4.79. The van der Waals surface area contributed by atoms with Crippen LogP contribution >= 0.6 is 0 Å². The second kappa shape index (κ2) is 8.31. The van der Waals surface area contributed by atoms with Crippen LogP contribution in [0, 0.1) is 12.8 Å². The van der Waals surface area contributed by atoms with Crippen LogP contribution in [-0.4, -0.2) is 43.4 Å². The lowest BCUT2D eigenvalue weighted by molar-refractivity contribution is 0.135. The zero-order valence-corrected chi connectivity index (χ0v) is 17.3. The molecule has 1 aliphatic heterocycles. The fraction of sp³-hybridized carbons (Fsp3) is 0.478. The monoisotopic (exact) mass is 377 g/mol. The van der Waals surface area contributed by atoms with Crippen LogP contribution in [0.15, 0.2) is 49.1 Å². The number of nitrogens with zero attached hydrogens (tertiary/aromatic N) is 5. The molecule has 2 aromatic heterocycles. The Labute approximate surface area is 168 Å². The lowest BCUT2D eigenvalue weighted by atomic mass is 9.98. The van der Waals surface area contributed by atoms with Gasteiger partial charge in [0.25, 0.3) is 0 Å². The lowest BCUT2D eigenvalue weighted by Gasteiger charge is -2.35. The first kappa shape index (κ1) is 18.9. The van der Waals surface area contributed by atoms with E-state index in [-0.39, 0.29) is 0 Å².